The predicted molar refractivity (Wildman–Crippen MR) is 65.3 cm³/mol. The number of aromatic nitrogens is 4. The Balaban J connectivity index is 1.63. The van der Waals surface area contributed by atoms with Crippen LogP contribution in [0.5, 0.6) is 0 Å². The summed E-state index contributed by atoms with van der Waals surface area (Å²) < 4.78 is 1.94. The average molecular weight is 231 g/mol. The Morgan fingerprint density at radius 2 is 2.29 bits per heavy atom. The SMILES string of the molecule is Cc1nccc(CNCCCn2cccn2)n1. The second-order valence-electron chi connectivity index (χ2n) is 3.89. The molecule has 0 aromatic carbocycles. The van der Waals surface area contributed by atoms with Crippen LogP contribution >= 0.6 is 0 Å². The smallest absolute Gasteiger partial charge is 0.125 e. The molecule has 2 rings (SSSR count). The minimum atomic E-state index is 0.794. The number of hydrogen-bond acceptors (Lipinski definition) is 4. The molecule has 0 fully saturated rings. The molecular weight excluding hydrogens is 214 g/mol. The molecule has 0 bridgehead atoms. The summed E-state index contributed by atoms with van der Waals surface area (Å²) in [4.78, 5) is 8.40. The minimum absolute atomic E-state index is 0.794. The van der Waals surface area contributed by atoms with Crippen molar-refractivity contribution >= 4 is 0 Å². The Morgan fingerprint density at radius 1 is 1.35 bits per heavy atom. The van der Waals surface area contributed by atoms with Crippen LogP contribution in [0.15, 0.2) is 30.7 Å². The number of hydrogen-bond donors (Lipinski definition) is 1. The van der Waals surface area contributed by atoms with E-state index >= 15 is 0 Å². The molecule has 0 atom stereocenters. The second kappa shape index (κ2) is 6.10. The van der Waals surface area contributed by atoms with Crippen LogP contribution in [-0.2, 0) is 13.1 Å². The monoisotopic (exact) mass is 231 g/mol. The highest BCUT2D eigenvalue weighted by Gasteiger charge is 1.95. The van der Waals surface area contributed by atoms with E-state index in [1.165, 1.54) is 0 Å². The maximum atomic E-state index is 4.33. The van der Waals surface area contributed by atoms with E-state index < -0.39 is 0 Å². The summed E-state index contributed by atoms with van der Waals surface area (Å²) in [5.74, 6) is 0.820. The third kappa shape index (κ3) is 3.96. The molecule has 0 unspecified atom stereocenters. The molecule has 2 heterocycles. The molecule has 0 radical (unpaired) electrons. The van der Waals surface area contributed by atoms with Gasteiger partial charge in [-0.15, -0.1) is 0 Å². The van der Waals surface area contributed by atoms with Crippen LogP contribution < -0.4 is 5.32 Å². The topological polar surface area (TPSA) is 55.6 Å². The molecule has 0 aliphatic rings. The Kier molecular flexibility index (Phi) is 4.21. The normalized spacial score (nSPS) is 10.6. The van der Waals surface area contributed by atoms with Crippen LogP contribution in [0, 0.1) is 6.92 Å². The van der Waals surface area contributed by atoms with E-state index in [2.05, 4.69) is 20.4 Å². The number of rotatable bonds is 6. The van der Waals surface area contributed by atoms with Crippen LogP contribution in [0.2, 0.25) is 0 Å². The van der Waals surface area contributed by atoms with Gasteiger partial charge in [0, 0.05) is 31.7 Å². The molecule has 90 valence electrons. The summed E-state index contributed by atoms with van der Waals surface area (Å²) in [6, 6.07) is 3.88. The zero-order valence-corrected chi connectivity index (χ0v) is 10.0. The van der Waals surface area contributed by atoms with Gasteiger partial charge in [0.25, 0.3) is 0 Å². The van der Waals surface area contributed by atoms with Crippen LogP contribution in [-0.4, -0.2) is 26.3 Å². The van der Waals surface area contributed by atoms with E-state index in [0.717, 1.165) is 37.6 Å². The lowest BCUT2D eigenvalue weighted by Crippen LogP contribution is -2.17. The zero-order chi connectivity index (χ0) is 11.9. The van der Waals surface area contributed by atoms with Crippen LogP contribution in [0.1, 0.15) is 17.9 Å². The van der Waals surface area contributed by atoms with Gasteiger partial charge in [-0.25, -0.2) is 9.97 Å². The first-order valence-corrected chi connectivity index (χ1v) is 5.81. The largest absolute Gasteiger partial charge is 0.311 e. The van der Waals surface area contributed by atoms with Crippen molar-refractivity contribution in [3.05, 3.63) is 42.2 Å². The van der Waals surface area contributed by atoms with E-state index in [0.29, 0.717) is 0 Å². The van der Waals surface area contributed by atoms with Gasteiger partial charge in [-0.3, -0.25) is 4.68 Å². The van der Waals surface area contributed by atoms with Crippen molar-refractivity contribution in [3.63, 3.8) is 0 Å². The fourth-order valence-corrected chi connectivity index (χ4v) is 1.62. The van der Waals surface area contributed by atoms with Crippen molar-refractivity contribution in [1.82, 2.24) is 25.1 Å². The van der Waals surface area contributed by atoms with Crippen molar-refractivity contribution in [2.24, 2.45) is 0 Å². The molecule has 0 saturated carbocycles. The maximum Gasteiger partial charge on any atom is 0.125 e. The Morgan fingerprint density at radius 3 is 3.06 bits per heavy atom. The van der Waals surface area contributed by atoms with Gasteiger partial charge in [-0.1, -0.05) is 0 Å². The van der Waals surface area contributed by atoms with Crippen LogP contribution in [0.25, 0.3) is 0 Å². The van der Waals surface area contributed by atoms with E-state index in [4.69, 9.17) is 0 Å². The van der Waals surface area contributed by atoms with E-state index in [1.807, 2.05) is 29.9 Å². The quantitative estimate of drug-likeness (QED) is 0.758. The molecule has 2 aromatic heterocycles. The highest BCUT2D eigenvalue weighted by atomic mass is 15.3. The van der Waals surface area contributed by atoms with Gasteiger partial charge in [0.1, 0.15) is 5.82 Å². The number of nitrogens with one attached hydrogen (secondary N) is 1. The van der Waals surface area contributed by atoms with Crippen molar-refractivity contribution < 1.29 is 0 Å². The van der Waals surface area contributed by atoms with Crippen molar-refractivity contribution in [2.75, 3.05) is 6.54 Å². The highest BCUT2D eigenvalue weighted by molar-refractivity contribution is 5.00. The fourth-order valence-electron chi connectivity index (χ4n) is 1.62. The molecule has 0 aliphatic heterocycles. The molecule has 5 heteroatoms. The maximum absolute atomic E-state index is 4.33. The Hall–Kier alpha value is -1.75. The van der Waals surface area contributed by atoms with Gasteiger partial charge in [0.2, 0.25) is 0 Å². The molecule has 0 spiro atoms. The molecule has 0 amide bonds. The number of aryl methyl sites for hydroxylation is 2. The van der Waals surface area contributed by atoms with Gasteiger partial charge < -0.3 is 5.32 Å². The van der Waals surface area contributed by atoms with Crippen molar-refractivity contribution in [1.29, 1.82) is 0 Å². The molecule has 17 heavy (non-hydrogen) atoms. The van der Waals surface area contributed by atoms with Gasteiger partial charge >= 0.3 is 0 Å². The molecule has 0 aliphatic carbocycles. The third-order valence-corrected chi connectivity index (χ3v) is 2.44. The van der Waals surface area contributed by atoms with E-state index in [1.54, 1.807) is 12.4 Å². The van der Waals surface area contributed by atoms with Crippen molar-refractivity contribution in [3.8, 4) is 0 Å². The van der Waals surface area contributed by atoms with Crippen LogP contribution in [0.3, 0.4) is 0 Å². The minimum Gasteiger partial charge on any atom is -0.311 e. The molecule has 2 aromatic rings. The fraction of sp³-hybridized carbons (Fsp3) is 0.417. The summed E-state index contributed by atoms with van der Waals surface area (Å²) in [6.45, 7) is 4.61. The Labute approximate surface area is 101 Å². The summed E-state index contributed by atoms with van der Waals surface area (Å²) in [7, 11) is 0. The molecule has 0 saturated heterocycles. The van der Waals surface area contributed by atoms with Crippen molar-refractivity contribution in [2.45, 2.75) is 26.4 Å². The second-order valence-corrected chi connectivity index (χ2v) is 3.89. The molecular formula is C12H17N5. The van der Waals surface area contributed by atoms with Gasteiger partial charge in [-0.05, 0) is 32.0 Å². The lowest BCUT2D eigenvalue weighted by molar-refractivity contribution is 0.540. The highest BCUT2D eigenvalue weighted by Crippen LogP contribution is 1.94. The first kappa shape index (κ1) is 11.7. The summed E-state index contributed by atoms with van der Waals surface area (Å²) >= 11 is 0. The predicted octanol–water partition coefficient (Wildman–Crippen LogP) is 1.16. The summed E-state index contributed by atoms with van der Waals surface area (Å²) in [5, 5.41) is 7.51. The van der Waals surface area contributed by atoms with Gasteiger partial charge in [0.15, 0.2) is 0 Å². The lowest BCUT2D eigenvalue weighted by Gasteiger charge is -2.05. The standard InChI is InChI=1S/C12H17N5/c1-11-14-7-4-12(16-11)10-13-5-2-8-17-9-3-6-15-17/h3-4,6-7,9,13H,2,5,8,10H2,1H3. The average Bonchev–Trinajstić information content (AvgIpc) is 2.82. The summed E-state index contributed by atoms with van der Waals surface area (Å²) in [6.07, 6.45) is 6.64. The summed E-state index contributed by atoms with van der Waals surface area (Å²) in [5.41, 5.74) is 1.04. The van der Waals surface area contributed by atoms with E-state index in [9.17, 15) is 0 Å². The van der Waals surface area contributed by atoms with Gasteiger partial charge in [-0.2, -0.15) is 5.10 Å². The third-order valence-electron chi connectivity index (χ3n) is 2.44. The molecule has 5 nitrogen and oxygen atoms in total. The molecule has 1 N–H and O–H groups in total. The van der Waals surface area contributed by atoms with Crippen LogP contribution in [0.4, 0.5) is 0 Å². The van der Waals surface area contributed by atoms with E-state index in [-0.39, 0.29) is 0 Å². The zero-order valence-electron chi connectivity index (χ0n) is 10.0. The first-order valence-electron chi connectivity index (χ1n) is 5.81. The number of nitrogens with zero attached hydrogens (tertiary/aromatic N) is 4. The Bertz CT molecular complexity index is 438. The lowest BCUT2D eigenvalue weighted by atomic mass is 10.3. The first-order chi connectivity index (χ1) is 8.34. The van der Waals surface area contributed by atoms with Gasteiger partial charge in [0.05, 0.1) is 5.69 Å².